The SMILES string of the molecule is COC(=O)C(O)C1CCC(C)(C)CC1. The third-order valence-corrected chi connectivity index (χ3v) is 3.27. The minimum atomic E-state index is -0.920. The predicted octanol–water partition coefficient (Wildman–Crippen LogP) is 1.74. The van der Waals surface area contributed by atoms with E-state index in [4.69, 9.17) is 0 Å². The highest BCUT2D eigenvalue weighted by Crippen LogP contribution is 2.39. The van der Waals surface area contributed by atoms with Gasteiger partial charge in [0.15, 0.2) is 6.10 Å². The lowest BCUT2D eigenvalue weighted by molar-refractivity contribution is -0.154. The molecule has 0 saturated heterocycles. The maximum absolute atomic E-state index is 11.1. The van der Waals surface area contributed by atoms with E-state index in [0.717, 1.165) is 25.7 Å². The molecule has 82 valence electrons. The molecule has 0 aromatic heterocycles. The van der Waals surface area contributed by atoms with Gasteiger partial charge in [0.25, 0.3) is 0 Å². The van der Waals surface area contributed by atoms with Gasteiger partial charge in [0.1, 0.15) is 0 Å². The topological polar surface area (TPSA) is 46.5 Å². The molecular formula is C11H20O3. The van der Waals surface area contributed by atoms with Gasteiger partial charge >= 0.3 is 5.97 Å². The van der Waals surface area contributed by atoms with Crippen molar-refractivity contribution in [2.75, 3.05) is 7.11 Å². The first-order valence-electron chi connectivity index (χ1n) is 5.22. The summed E-state index contributed by atoms with van der Waals surface area (Å²) in [5.74, 6) is -0.398. The highest BCUT2D eigenvalue weighted by Gasteiger charge is 2.33. The fourth-order valence-electron chi connectivity index (χ4n) is 2.05. The van der Waals surface area contributed by atoms with Gasteiger partial charge in [-0.1, -0.05) is 13.8 Å². The molecule has 1 fully saturated rings. The summed E-state index contributed by atoms with van der Waals surface area (Å²) < 4.78 is 4.53. The summed E-state index contributed by atoms with van der Waals surface area (Å²) in [6.07, 6.45) is 3.07. The second-order valence-electron chi connectivity index (χ2n) is 4.97. The molecule has 3 nitrogen and oxygen atoms in total. The summed E-state index contributed by atoms with van der Waals surface area (Å²) in [5, 5.41) is 9.64. The van der Waals surface area contributed by atoms with Gasteiger partial charge in [-0.05, 0) is 37.0 Å². The van der Waals surface area contributed by atoms with Crippen LogP contribution in [0.15, 0.2) is 0 Å². The number of carbonyl (C=O) groups excluding carboxylic acids is 1. The van der Waals surface area contributed by atoms with Crippen molar-refractivity contribution in [2.24, 2.45) is 11.3 Å². The zero-order valence-electron chi connectivity index (χ0n) is 9.25. The fourth-order valence-corrected chi connectivity index (χ4v) is 2.05. The van der Waals surface area contributed by atoms with Gasteiger partial charge in [-0.15, -0.1) is 0 Å². The Morgan fingerprint density at radius 1 is 1.43 bits per heavy atom. The number of esters is 1. The molecule has 1 aliphatic carbocycles. The van der Waals surface area contributed by atoms with Crippen molar-refractivity contribution in [3.05, 3.63) is 0 Å². The first-order valence-corrected chi connectivity index (χ1v) is 5.22. The van der Waals surface area contributed by atoms with E-state index in [0.29, 0.717) is 5.41 Å². The van der Waals surface area contributed by atoms with E-state index in [-0.39, 0.29) is 5.92 Å². The van der Waals surface area contributed by atoms with Crippen LogP contribution in [0.4, 0.5) is 0 Å². The summed E-state index contributed by atoms with van der Waals surface area (Å²) in [7, 11) is 1.32. The van der Waals surface area contributed by atoms with Crippen LogP contribution < -0.4 is 0 Å². The highest BCUT2D eigenvalue weighted by atomic mass is 16.5. The van der Waals surface area contributed by atoms with Crippen LogP contribution in [0.2, 0.25) is 0 Å². The largest absolute Gasteiger partial charge is 0.467 e. The normalized spacial score (nSPS) is 24.3. The molecule has 1 unspecified atom stereocenters. The van der Waals surface area contributed by atoms with Crippen molar-refractivity contribution in [3.8, 4) is 0 Å². The molecule has 1 N–H and O–H groups in total. The summed E-state index contributed by atoms with van der Waals surface area (Å²) >= 11 is 0. The van der Waals surface area contributed by atoms with E-state index in [1.807, 2.05) is 0 Å². The van der Waals surface area contributed by atoms with Crippen LogP contribution in [-0.4, -0.2) is 24.3 Å². The van der Waals surface area contributed by atoms with Crippen LogP contribution in [0, 0.1) is 11.3 Å². The first-order chi connectivity index (χ1) is 6.46. The Hall–Kier alpha value is -0.570. The number of rotatable bonds is 2. The smallest absolute Gasteiger partial charge is 0.334 e. The van der Waals surface area contributed by atoms with E-state index in [1.165, 1.54) is 7.11 Å². The average Bonchev–Trinajstić information content (AvgIpc) is 2.15. The Morgan fingerprint density at radius 2 is 1.93 bits per heavy atom. The summed E-state index contributed by atoms with van der Waals surface area (Å²) in [5.41, 5.74) is 0.367. The minimum Gasteiger partial charge on any atom is -0.467 e. The summed E-state index contributed by atoms with van der Waals surface area (Å²) in [4.78, 5) is 11.1. The van der Waals surface area contributed by atoms with Gasteiger partial charge in [0.05, 0.1) is 7.11 Å². The molecule has 1 atom stereocenters. The monoisotopic (exact) mass is 200 g/mol. The van der Waals surface area contributed by atoms with Crippen LogP contribution in [0.3, 0.4) is 0 Å². The number of ether oxygens (including phenoxy) is 1. The van der Waals surface area contributed by atoms with Crippen molar-refractivity contribution in [3.63, 3.8) is 0 Å². The third-order valence-electron chi connectivity index (χ3n) is 3.27. The quantitative estimate of drug-likeness (QED) is 0.691. The standard InChI is InChI=1S/C11H20O3/c1-11(2)6-4-8(5-7-11)9(12)10(13)14-3/h8-9,12H,4-7H2,1-3H3. The molecule has 0 aromatic rings. The van der Waals surface area contributed by atoms with Crippen molar-refractivity contribution < 1.29 is 14.6 Å². The molecule has 1 saturated carbocycles. The van der Waals surface area contributed by atoms with E-state index in [2.05, 4.69) is 18.6 Å². The Labute approximate surface area is 85.5 Å². The lowest BCUT2D eigenvalue weighted by Crippen LogP contribution is -2.35. The molecule has 0 amide bonds. The molecule has 0 aromatic carbocycles. The van der Waals surface area contributed by atoms with Crippen molar-refractivity contribution in [1.82, 2.24) is 0 Å². The molecule has 1 aliphatic rings. The number of hydrogen-bond acceptors (Lipinski definition) is 3. The minimum absolute atomic E-state index is 0.0930. The number of aliphatic hydroxyl groups excluding tert-OH is 1. The van der Waals surface area contributed by atoms with E-state index < -0.39 is 12.1 Å². The molecular weight excluding hydrogens is 180 g/mol. The molecule has 1 rings (SSSR count). The highest BCUT2D eigenvalue weighted by molar-refractivity contribution is 5.74. The zero-order valence-corrected chi connectivity index (χ0v) is 9.25. The second kappa shape index (κ2) is 4.30. The summed E-state index contributed by atoms with van der Waals surface area (Å²) in [6, 6.07) is 0. The van der Waals surface area contributed by atoms with Gasteiger partial charge in [-0.2, -0.15) is 0 Å². The third kappa shape index (κ3) is 2.71. The maximum Gasteiger partial charge on any atom is 0.334 e. The second-order valence-corrected chi connectivity index (χ2v) is 4.97. The van der Waals surface area contributed by atoms with E-state index in [1.54, 1.807) is 0 Å². The number of methoxy groups -OCH3 is 1. The average molecular weight is 200 g/mol. The molecule has 0 bridgehead atoms. The van der Waals surface area contributed by atoms with Crippen LogP contribution in [0.25, 0.3) is 0 Å². The number of aliphatic hydroxyl groups is 1. The van der Waals surface area contributed by atoms with Crippen LogP contribution in [0.1, 0.15) is 39.5 Å². The zero-order chi connectivity index (χ0) is 10.8. The fraction of sp³-hybridized carbons (Fsp3) is 0.909. The molecule has 0 spiro atoms. The lowest BCUT2D eigenvalue weighted by atomic mass is 9.71. The molecule has 3 heteroatoms. The Balaban J connectivity index is 2.45. The van der Waals surface area contributed by atoms with E-state index >= 15 is 0 Å². The predicted molar refractivity (Wildman–Crippen MR) is 53.8 cm³/mol. The molecule has 0 aliphatic heterocycles. The van der Waals surface area contributed by atoms with Gasteiger partial charge in [-0.3, -0.25) is 0 Å². The molecule has 0 radical (unpaired) electrons. The van der Waals surface area contributed by atoms with Crippen LogP contribution >= 0.6 is 0 Å². The van der Waals surface area contributed by atoms with Gasteiger partial charge < -0.3 is 9.84 Å². The molecule has 0 heterocycles. The molecule has 14 heavy (non-hydrogen) atoms. The van der Waals surface area contributed by atoms with Crippen LogP contribution in [0.5, 0.6) is 0 Å². The van der Waals surface area contributed by atoms with Gasteiger partial charge in [0, 0.05) is 0 Å². The Morgan fingerprint density at radius 3 is 2.36 bits per heavy atom. The number of carbonyl (C=O) groups is 1. The van der Waals surface area contributed by atoms with Crippen molar-refractivity contribution in [2.45, 2.75) is 45.6 Å². The summed E-state index contributed by atoms with van der Waals surface area (Å²) in [6.45, 7) is 4.46. The Bertz CT molecular complexity index is 201. The van der Waals surface area contributed by atoms with E-state index in [9.17, 15) is 9.90 Å². The van der Waals surface area contributed by atoms with Gasteiger partial charge in [-0.25, -0.2) is 4.79 Å². The Kier molecular flexibility index (Phi) is 3.53. The van der Waals surface area contributed by atoms with Crippen LogP contribution in [-0.2, 0) is 9.53 Å². The van der Waals surface area contributed by atoms with Crippen molar-refractivity contribution in [1.29, 1.82) is 0 Å². The van der Waals surface area contributed by atoms with Crippen molar-refractivity contribution >= 4 is 5.97 Å². The number of hydrogen-bond donors (Lipinski definition) is 1. The first kappa shape index (κ1) is 11.5. The maximum atomic E-state index is 11.1. The van der Waals surface area contributed by atoms with Gasteiger partial charge in [0.2, 0.25) is 0 Å². The lowest BCUT2D eigenvalue weighted by Gasteiger charge is -2.35.